The molecule has 22 heavy (non-hydrogen) atoms. The zero-order valence-corrected chi connectivity index (χ0v) is 12.6. The largest absolute Gasteiger partial charge is 0.331 e. The van der Waals surface area contributed by atoms with Crippen molar-refractivity contribution in [2.45, 2.75) is 32.4 Å². The van der Waals surface area contributed by atoms with Crippen LogP contribution in [-0.4, -0.2) is 33.2 Å². The highest BCUT2D eigenvalue weighted by molar-refractivity contribution is 5.81. The molecule has 2 aromatic rings. The van der Waals surface area contributed by atoms with Gasteiger partial charge in [-0.15, -0.1) is 0 Å². The summed E-state index contributed by atoms with van der Waals surface area (Å²) in [6.07, 6.45) is 7.68. The molecule has 0 radical (unpaired) electrons. The average Bonchev–Trinajstić information content (AvgIpc) is 2.99. The van der Waals surface area contributed by atoms with Crippen molar-refractivity contribution in [2.24, 2.45) is 0 Å². The second kappa shape index (κ2) is 6.13. The fourth-order valence-corrected chi connectivity index (χ4v) is 2.86. The minimum atomic E-state index is -0.217. The van der Waals surface area contributed by atoms with Gasteiger partial charge in [-0.05, 0) is 12.5 Å². The van der Waals surface area contributed by atoms with Crippen LogP contribution in [0.3, 0.4) is 0 Å². The Kier molecular flexibility index (Phi) is 4.04. The van der Waals surface area contributed by atoms with Crippen LogP contribution in [0.15, 0.2) is 47.4 Å². The van der Waals surface area contributed by atoms with Crippen molar-refractivity contribution in [2.75, 3.05) is 6.54 Å². The third-order valence-electron chi connectivity index (χ3n) is 4.01. The second-order valence-corrected chi connectivity index (χ2v) is 5.52. The lowest BCUT2D eigenvalue weighted by Gasteiger charge is -2.24. The van der Waals surface area contributed by atoms with Crippen molar-refractivity contribution in [1.82, 2.24) is 14.7 Å². The minimum Gasteiger partial charge on any atom is -0.331 e. The number of hydrogen-bond acceptors (Lipinski definition) is 3. The summed E-state index contributed by atoms with van der Waals surface area (Å²) in [6.45, 7) is 2.71. The molecule has 0 saturated heterocycles. The molecule has 1 atom stereocenters. The summed E-state index contributed by atoms with van der Waals surface area (Å²) in [6, 6.07) is 7.44. The van der Waals surface area contributed by atoms with Crippen LogP contribution in [0.2, 0.25) is 0 Å². The van der Waals surface area contributed by atoms with E-state index >= 15 is 0 Å². The van der Waals surface area contributed by atoms with Crippen LogP contribution in [0.25, 0.3) is 10.8 Å². The Morgan fingerprint density at radius 1 is 1.36 bits per heavy atom. The van der Waals surface area contributed by atoms with Gasteiger partial charge in [-0.3, -0.25) is 9.59 Å². The van der Waals surface area contributed by atoms with Crippen molar-refractivity contribution < 1.29 is 4.79 Å². The lowest BCUT2D eigenvalue weighted by atomic mass is 10.1. The van der Waals surface area contributed by atoms with E-state index in [9.17, 15) is 9.59 Å². The van der Waals surface area contributed by atoms with Crippen molar-refractivity contribution in [3.8, 4) is 0 Å². The van der Waals surface area contributed by atoms with Crippen LogP contribution in [-0.2, 0) is 11.3 Å². The topological polar surface area (TPSA) is 55.2 Å². The maximum absolute atomic E-state index is 12.5. The van der Waals surface area contributed by atoms with Gasteiger partial charge < -0.3 is 4.90 Å². The van der Waals surface area contributed by atoms with E-state index in [2.05, 4.69) is 18.1 Å². The van der Waals surface area contributed by atoms with Crippen LogP contribution in [0.4, 0.5) is 0 Å². The standard InChI is InChI=1S/C17H19N3O2/c1-2-6-14-8-5-10-19(14)16(21)12-20-17(22)15-9-4-3-7-13(15)11-18-20/h3-5,7-9,11,14H,2,6,10,12H2,1H3/t14-/m1/s1. The van der Waals surface area contributed by atoms with Gasteiger partial charge in [0.2, 0.25) is 5.91 Å². The summed E-state index contributed by atoms with van der Waals surface area (Å²) < 4.78 is 1.26. The summed E-state index contributed by atoms with van der Waals surface area (Å²) in [5.41, 5.74) is -0.217. The SMILES string of the molecule is CCC[C@@H]1C=CCN1C(=O)Cn1ncc2ccccc2c1=O. The highest BCUT2D eigenvalue weighted by Gasteiger charge is 2.24. The quantitative estimate of drug-likeness (QED) is 0.811. The molecule has 2 heterocycles. The van der Waals surface area contributed by atoms with Crippen LogP contribution in [0.1, 0.15) is 19.8 Å². The zero-order chi connectivity index (χ0) is 15.5. The summed E-state index contributed by atoms with van der Waals surface area (Å²) in [7, 11) is 0. The number of carbonyl (C=O) groups is 1. The van der Waals surface area contributed by atoms with Crippen LogP contribution >= 0.6 is 0 Å². The van der Waals surface area contributed by atoms with Gasteiger partial charge in [-0.1, -0.05) is 43.7 Å². The predicted molar refractivity (Wildman–Crippen MR) is 85.6 cm³/mol. The Hall–Kier alpha value is -2.43. The van der Waals surface area contributed by atoms with Crippen molar-refractivity contribution in [3.05, 3.63) is 53.0 Å². The molecule has 0 aliphatic carbocycles. The molecule has 1 aliphatic rings. The van der Waals surface area contributed by atoms with E-state index in [1.54, 1.807) is 12.3 Å². The first-order valence-corrected chi connectivity index (χ1v) is 7.61. The molecule has 0 saturated carbocycles. The van der Waals surface area contributed by atoms with Crippen LogP contribution in [0, 0.1) is 0 Å². The molecule has 1 aromatic carbocycles. The predicted octanol–water partition coefficient (Wildman–Crippen LogP) is 1.96. The maximum atomic E-state index is 12.5. The number of hydrogen-bond donors (Lipinski definition) is 0. The van der Waals surface area contributed by atoms with Gasteiger partial charge >= 0.3 is 0 Å². The van der Waals surface area contributed by atoms with E-state index in [1.807, 2.05) is 29.2 Å². The van der Waals surface area contributed by atoms with E-state index in [0.29, 0.717) is 11.9 Å². The molecule has 1 aromatic heterocycles. The Morgan fingerprint density at radius 2 is 2.18 bits per heavy atom. The smallest absolute Gasteiger partial charge is 0.275 e. The minimum absolute atomic E-state index is 0.00837. The fraction of sp³-hybridized carbons (Fsp3) is 0.353. The maximum Gasteiger partial charge on any atom is 0.275 e. The molecule has 5 nitrogen and oxygen atoms in total. The number of nitrogens with zero attached hydrogens (tertiary/aromatic N) is 3. The van der Waals surface area contributed by atoms with Crippen LogP contribution in [0.5, 0.6) is 0 Å². The van der Waals surface area contributed by atoms with Gasteiger partial charge in [-0.25, -0.2) is 4.68 Å². The average molecular weight is 297 g/mol. The summed E-state index contributed by atoms with van der Waals surface area (Å²) >= 11 is 0. The highest BCUT2D eigenvalue weighted by Crippen LogP contribution is 2.15. The highest BCUT2D eigenvalue weighted by atomic mass is 16.2. The van der Waals surface area contributed by atoms with Gasteiger partial charge in [0, 0.05) is 11.9 Å². The Morgan fingerprint density at radius 3 is 3.00 bits per heavy atom. The normalized spacial score (nSPS) is 17.3. The first-order chi connectivity index (χ1) is 10.7. The third-order valence-corrected chi connectivity index (χ3v) is 4.01. The molecule has 1 aliphatic heterocycles. The molecular weight excluding hydrogens is 278 g/mol. The zero-order valence-electron chi connectivity index (χ0n) is 12.6. The number of rotatable bonds is 4. The lowest BCUT2D eigenvalue weighted by molar-refractivity contribution is -0.132. The van der Waals surface area contributed by atoms with E-state index in [1.165, 1.54) is 4.68 Å². The molecular formula is C17H19N3O2. The first-order valence-electron chi connectivity index (χ1n) is 7.61. The van der Waals surface area contributed by atoms with Crippen molar-refractivity contribution in [3.63, 3.8) is 0 Å². The van der Waals surface area contributed by atoms with E-state index in [-0.39, 0.29) is 24.1 Å². The third kappa shape index (κ3) is 2.66. The lowest BCUT2D eigenvalue weighted by Crippen LogP contribution is -2.40. The van der Waals surface area contributed by atoms with E-state index < -0.39 is 0 Å². The van der Waals surface area contributed by atoms with Gasteiger partial charge in [0.15, 0.2) is 0 Å². The molecule has 114 valence electrons. The Balaban J connectivity index is 1.83. The fourth-order valence-electron chi connectivity index (χ4n) is 2.86. The van der Waals surface area contributed by atoms with Crippen molar-refractivity contribution in [1.29, 1.82) is 0 Å². The summed E-state index contributed by atoms with van der Waals surface area (Å²) in [5, 5.41) is 5.51. The molecule has 0 fully saturated rings. The first kappa shape index (κ1) is 14.5. The van der Waals surface area contributed by atoms with Gasteiger partial charge in [0.1, 0.15) is 6.54 Å². The monoisotopic (exact) mass is 297 g/mol. The molecule has 3 rings (SSSR count). The van der Waals surface area contributed by atoms with Gasteiger partial charge in [0.05, 0.1) is 17.6 Å². The second-order valence-electron chi connectivity index (χ2n) is 5.52. The van der Waals surface area contributed by atoms with E-state index in [0.717, 1.165) is 18.2 Å². The number of carbonyl (C=O) groups excluding carboxylic acids is 1. The Labute approximate surface area is 128 Å². The number of amides is 1. The molecule has 0 unspecified atom stereocenters. The Bertz CT molecular complexity index is 779. The van der Waals surface area contributed by atoms with Crippen molar-refractivity contribution >= 4 is 16.7 Å². The molecule has 0 N–H and O–H groups in total. The van der Waals surface area contributed by atoms with Gasteiger partial charge in [0.25, 0.3) is 5.56 Å². The summed E-state index contributed by atoms with van der Waals surface area (Å²) in [4.78, 5) is 26.7. The van der Waals surface area contributed by atoms with Crippen LogP contribution < -0.4 is 5.56 Å². The number of aromatic nitrogens is 2. The number of benzene rings is 1. The number of fused-ring (bicyclic) bond motifs is 1. The van der Waals surface area contributed by atoms with Gasteiger partial charge in [-0.2, -0.15) is 5.10 Å². The molecule has 1 amide bonds. The molecule has 0 spiro atoms. The molecule has 0 bridgehead atoms. The summed E-state index contributed by atoms with van der Waals surface area (Å²) in [5.74, 6) is -0.0617. The van der Waals surface area contributed by atoms with E-state index in [4.69, 9.17) is 0 Å². The molecule has 5 heteroatoms.